The summed E-state index contributed by atoms with van der Waals surface area (Å²) in [7, 11) is 0. The highest BCUT2D eigenvalue weighted by molar-refractivity contribution is 5.68. The van der Waals surface area contributed by atoms with Gasteiger partial charge in [0.25, 0.3) is 0 Å². The van der Waals surface area contributed by atoms with Gasteiger partial charge in [-0.3, -0.25) is 9.88 Å². The molecule has 2 aliphatic heterocycles. The van der Waals surface area contributed by atoms with Crippen molar-refractivity contribution in [3.05, 3.63) is 71.6 Å². The van der Waals surface area contributed by atoms with Gasteiger partial charge in [-0.25, -0.2) is 0 Å². The number of fused-ring (bicyclic) bond motifs is 2. The average molecular weight is 358 g/mol. The van der Waals surface area contributed by atoms with E-state index in [0.29, 0.717) is 17.6 Å². The summed E-state index contributed by atoms with van der Waals surface area (Å²) in [6.07, 6.45) is 3.17. The Bertz CT molecular complexity index is 798. The number of hydrogen-bond donors (Lipinski definition) is 0. The maximum atomic E-state index is 13.0. The van der Waals surface area contributed by atoms with E-state index in [2.05, 4.69) is 28.1 Å². The van der Waals surface area contributed by atoms with Crippen LogP contribution in [-0.4, -0.2) is 22.0 Å². The van der Waals surface area contributed by atoms with Crippen molar-refractivity contribution < 1.29 is 13.2 Å². The first-order valence-corrected chi connectivity index (χ1v) is 9.05. The standard InChI is InChI=1S/C21H21F3N2/c22-21(23,24)20-13-16(9-10-25-20)17-11-18-7-4-8-19(12-17)26(18)14-15-5-2-1-3-6-15/h1-3,5-6,9-11,13,18-19H,4,7-8,12,14H2. The van der Waals surface area contributed by atoms with Crippen molar-refractivity contribution in [3.63, 3.8) is 0 Å². The number of aromatic nitrogens is 1. The summed E-state index contributed by atoms with van der Waals surface area (Å²) in [5.41, 5.74) is 2.15. The predicted octanol–water partition coefficient (Wildman–Crippen LogP) is 5.31. The van der Waals surface area contributed by atoms with Crippen molar-refractivity contribution >= 4 is 5.57 Å². The van der Waals surface area contributed by atoms with Crippen molar-refractivity contribution in [3.8, 4) is 0 Å². The fourth-order valence-corrected chi connectivity index (χ4v) is 4.16. The molecule has 136 valence electrons. The maximum Gasteiger partial charge on any atom is 0.433 e. The molecule has 2 atom stereocenters. The molecule has 2 aliphatic rings. The van der Waals surface area contributed by atoms with Crippen LogP contribution in [-0.2, 0) is 12.7 Å². The molecule has 2 unspecified atom stereocenters. The van der Waals surface area contributed by atoms with Crippen LogP contribution in [0.2, 0.25) is 0 Å². The summed E-state index contributed by atoms with van der Waals surface area (Å²) in [5.74, 6) is 0. The van der Waals surface area contributed by atoms with E-state index in [1.54, 1.807) is 6.07 Å². The monoisotopic (exact) mass is 358 g/mol. The molecular weight excluding hydrogens is 337 g/mol. The fourth-order valence-electron chi connectivity index (χ4n) is 4.16. The predicted molar refractivity (Wildman–Crippen MR) is 95.2 cm³/mol. The Morgan fingerprint density at radius 1 is 1.08 bits per heavy atom. The van der Waals surface area contributed by atoms with E-state index in [1.807, 2.05) is 18.2 Å². The van der Waals surface area contributed by atoms with E-state index >= 15 is 0 Å². The normalized spacial score (nSPS) is 23.6. The molecule has 0 amide bonds. The van der Waals surface area contributed by atoms with Gasteiger partial charge < -0.3 is 0 Å². The molecule has 2 bridgehead atoms. The second-order valence-corrected chi connectivity index (χ2v) is 7.13. The fraction of sp³-hybridized carbons (Fsp3) is 0.381. The van der Waals surface area contributed by atoms with Gasteiger partial charge in [-0.05, 0) is 48.1 Å². The van der Waals surface area contributed by atoms with Crippen molar-refractivity contribution in [2.75, 3.05) is 0 Å². The highest BCUT2D eigenvalue weighted by atomic mass is 19.4. The molecular formula is C21H21F3N2. The van der Waals surface area contributed by atoms with Crippen molar-refractivity contribution in [1.29, 1.82) is 0 Å². The Balaban J connectivity index is 1.61. The van der Waals surface area contributed by atoms with Crippen LogP contribution in [0.15, 0.2) is 54.7 Å². The lowest BCUT2D eigenvalue weighted by Crippen LogP contribution is -2.47. The molecule has 0 spiro atoms. The van der Waals surface area contributed by atoms with Crippen molar-refractivity contribution in [2.45, 2.75) is 50.5 Å². The number of benzene rings is 1. The number of nitrogens with zero attached hydrogens (tertiary/aromatic N) is 2. The summed E-state index contributed by atoms with van der Waals surface area (Å²) in [6.45, 7) is 0.893. The SMILES string of the molecule is FC(F)(F)c1cc(C2=CC3CCCC(C2)N3Cc2ccccc2)ccn1. The molecule has 1 aromatic carbocycles. The third-order valence-corrected chi connectivity index (χ3v) is 5.41. The average Bonchev–Trinajstić information content (AvgIpc) is 2.62. The van der Waals surface area contributed by atoms with Crippen LogP contribution in [0.4, 0.5) is 13.2 Å². The van der Waals surface area contributed by atoms with Gasteiger partial charge >= 0.3 is 6.18 Å². The van der Waals surface area contributed by atoms with Crippen molar-refractivity contribution in [2.24, 2.45) is 0 Å². The van der Waals surface area contributed by atoms with Crippen molar-refractivity contribution in [1.82, 2.24) is 9.88 Å². The topological polar surface area (TPSA) is 16.1 Å². The zero-order valence-electron chi connectivity index (χ0n) is 14.4. The molecule has 0 saturated carbocycles. The summed E-state index contributed by atoms with van der Waals surface area (Å²) in [5, 5.41) is 0. The first kappa shape index (κ1) is 17.3. The summed E-state index contributed by atoms with van der Waals surface area (Å²) in [4.78, 5) is 5.99. The first-order valence-electron chi connectivity index (χ1n) is 9.05. The molecule has 5 heteroatoms. The lowest BCUT2D eigenvalue weighted by molar-refractivity contribution is -0.141. The molecule has 1 fully saturated rings. The highest BCUT2D eigenvalue weighted by Crippen LogP contribution is 2.39. The van der Waals surface area contributed by atoms with E-state index in [1.165, 1.54) is 24.2 Å². The Labute approximate surface area is 151 Å². The summed E-state index contributed by atoms with van der Waals surface area (Å²) in [6, 6.07) is 13.9. The number of hydrogen-bond acceptors (Lipinski definition) is 2. The molecule has 1 aromatic heterocycles. The number of alkyl halides is 3. The summed E-state index contributed by atoms with van der Waals surface area (Å²) >= 11 is 0. The molecule has 0 N–H and O–H groups in total. The molecule has 26 heavy (non-hydrogen) atoms. The van der Waals surface area contributed by atoms with Crippen LogP contribution in [0, 0.1) is 0 Å². The lowest BCUT2D eigenvalue weighted by atomic mass is 9.82. The molecule has 0 radical (unpaired) electrons. The van der Waals surface area contributed by atoms with E-state index in [9.17, 15) is 13.2 Å². The van der Waals surface area contributed by atoms with Crippen LogP contribution >= 0.6 is 0 Å². The lowest BCUT2D eigenvalue weighted by Gasteiger charge is -2.45. The third kappa shape index (κ3) is 3.54. The first-order chi connectivity index (χ1) is 12.5. The van der Waals surface area contributed by atoms with Gasteiger partial charge in [-0.2, -0.15) is 13.2 Å². The van der Waals surface area contributed by atoms with Gasteiger partial charge in [0.15, 0.2) is 0 Å². The minimum Gasteiger partial charge on any atom is -0.289 e. The number of piperidine rings is 1. The Morgan fingerprint density at radius 2 is 1.88 bits per heavy atom. The minimum atomic E-state index is -4.40. The molecule has 0 aliphatic carbocycles. The van der Waals surface area contributed by atoms with Gasteiger partial charge in [0, 0.05) is 24.8 Å². The molecule has 2 nitrogen and oxygen atoms in total. The highest BCUT2D eigenvalue weighted by Gasteiger charge is 2.36. The van der Waals surface area contributed by atoms with Gasteiger partial charge in [0.05, 0.1) is 0 Å². The van der Waals surface area contributed by atoms with Gasteiger partial charge in [-0.1, -0.05) is 42.8 Å². The number of pyridine rings is 1. The Hall–Kier alpha value is -2.14. The van der Waals surface area contributed by atoms with Gasteiger partial charge in [-0.15, -0.1) is 0 Å². The van der Waals surface area contributed by atoms with Crippen LogP contribution in [0.3, 0.4) is 0 Å². The Morgan fingerprint density at radius 3 is 2.62 bits per heavy atom. The molecule has 2 aromatic rings. The molecule has 1 saturated heterocycles. The van der Waals surface area contributed by atoms with E-state index in [-0.39, 0.29) is 0 Å². The summed E-state index contributed by atoms with van der Waals surface area (Å²) < 4.78 is 38.9. The molecule has 3 heterocycles. The smallest absolute Gasteiger partial charge is 0.289 e. The van der Waals surface area contributed by atoms with E-state index < -0.39 is 11.9 Å². The second-order valence-electron chi connectivity index (χ2n) is 7.13. The number of rotatable bonds is 3. The van der Waals surface area contributed by atoms with Crippen LogP contribution in [0.25, 0.3) is 5.57 Å². The van der Waals surface area contributed by atoms with E-state index in [0.717, 1.165) is 31.4 Å². The third-order valence-electron chi connectivity index (χ3n) is 5.41. The number of halogens is 3. The zero-order valence-corrected chi connectivity index (χ0v) is 14.4. The zero-order chi connectivity index (χ0) is 18.1. The largest absolute Gasteiger partial charge is 0.433 e. The Kier molecular flexibility index (Phi) is 4.57. The minimum absolute atomic E-state index is 0.292. The van der Waals surface area contributed by atoms with Crippen LogP contribution in [0.1, 0.15) is 42.5 Å². The van der Waals surface area contributed by atoms with E-state index in [4.69, 9.17) is 0 Å². The van der Waals surface area contributed by atoms with Gasteiger partial charge in [0.2, 0.25) is 0 Å². The van der Waals surface area contributed by atoms with Gasteiger partial charge in [0.1, 0.15) is 5.69 Å². The molecule has 4 rings (SSSR count). The quantitative estimate of drug-likeness (QED) is 0.739. The second kappa shape index (κ2) is 6.88. The maximum absolute atomic E-state index is 13.0. The van der Waals surface area contributed by atoms with Crippen LogP contribution < -0.4 is 0 Å². The van der Waals surface area contributed by atoms with Crippen LogP contribution in [0.5, 0.6) is 0 Å².